The lowest BCUT2D eigenvalue weighted by molar-refractivity contribution is -0.127. The SMILES string of the molecule is CC.CC(C)(C)OC(=O)NCNC=O.CC(C)(O)O.CC(C)N.CCCCCCCP(O)OCC1CCC(n2cnc3c(N)ncnc32)O1. The fraction of sp³-hybridized carbons (Fsp3) is 0.781. The molecule has 2 aromatic rings. The molecular weight excluding hydrogens is 655 g/mol. The van der Waals surface area contributed by atoms with E-state index < -0.39 is 25.9 Å². The number of anilines is 1. The number of imidazole rings is 1. The molecule has 3 rings (SSSR count). The van der Waals surface area contributed by atoms with Crippen molar-refractivity contribution in [2.24, 2.45) is 5.73 Å². The number of hydrogen-bond donors (Lipinski definition) is 7. The number of nitrogen functional groups attached to an aromatic ring is 1. The predicted octanol–water partition coefficient (Wildman–Crippen LogP) is 4.68. The van der Waals surface area contributed by atoms with Gasteiger partial charge < -0.3 is 51.2 Å². The first kappa shape index (κ1) is 48.4. The Morgan fingerprint density at radius 1 is 1.12 bits per heavy atom. The molecule has 286 valence electrons. The summed E-state index contributed by atoms with van der Waals surface area (Å²) in [6.45, 7) is 18.5. The summed E-state index contributed by atoms with van der Waals surface area (Å²) >= 11 is 0. The number of ether oxygens (including phenoxy) is 2. The molecule has 2 aromatic heterocycles. The molecule has 0 radical (unpaired) electrons. The average Bonchev–Trinajstić information content (AvgIpc) is 3.63. The Labute approximate surface area is 294 Å². The van der Waals surface area contributed by atoms with Crippen LogP contribution in [0.1, 0.15) is 120 Å². The Morgan fingerprint density at radius 2 is 1.71 bits per heavy atom. The van der Waals surface area contributed by atoms with Crippen molar-refractivity contribution >= 4 is 37.9 Å². The van der Waals surface area contributed by atoms with E-state index in [-0.39, 0.29) is 19.0 Å². The van der Waals surface area contributed by atoms with E-state index >= 15 is 0 Å². The molecule has 0 aliphatic carbocycles. The molecule has 1 aliphatic rings. The van der Waals surface area contributed by atoms with Crippen LogP contribution in [0.15, 0.2) is 12.7 Å². The summed E-state index contributed by atoms with van der Waals surface area (Å²) in [5, 5.41) is 20.8. The van der Waals surface area contributed by atoms with Gasteiger partial charge in [0.2, 0.25) is 6.41 Å². The largest absolute Gasteiger partial charge is 0.444 e. The minimum absolute atomic E-state index is 0.0196. The number of carbonyl (C=O) groups is 2. The van der Waals surface area contributed by atoms with Crippen LogP contribution in [0.5, 0.6) is 0 Å². The molecule has 1 aliphatic heterocycles. The van der Waals surface area contributed by atoms with Gasteiger partial charge in [0.25, 0.3) is 0 Å². The minimum Gasteiger partial charge on any atom is -0.444 e. The van der Waals surface area contributed by atoms with Crippen molar-refractivity contribution in [1.29, 1.82) is 0 Å². The third-order valence-corrected chi connectivity index (χ3v) is 6.61. The fourth-order valence-corrected chi connectivity index (χ4v) is 4.62. The van der Waals surface area contributed by atoms with Gasteiger partial charge in [0.1, 0.15) is 23.7 Å². The van der Waals surface area contributed by atoms with Crippen molar-refractivity contribution in [3.05, 3.63) is 12.7 Å². The Kier molecular flexibility index (Phi) is 26.7. The van der Waals surface area contributed by atoms with E-state index in [0.29, 0.717) is 36.0 Å². The number of unbranched alkanes of at least 4 members (excludes halogenated alkanes) is 4. The maximum atomic E-state index is 10.8. The topological polar surface area (TPSA) is 242 Å². The van der Waals surface area contributed by atoms with E-state index in [1.54, 1.807) is 27.1 Å². The Bertz CT molecular complexity index is 1120. The summed E-state index contributed by atoms with van der Waals surface area (Å²) in [5.41, 5.74) is 11.7. The Balaban J connectivity index is 0. The third-order valence-electron chi connectivity index (χ3n) is 5.46. The molecule has 3 heterocycles. The first-order valence-electron chi connectivity index (χ1n) is 16.9. The summed E-state index contributed by atoms with van der Waals surface area (Å²) in [4.78, 5) is 43.1. The van der Waals surface area contributed by atoms with Crippen LogP contribution < -0.4 is 22.1 Å². The van der Waals surface area contributed by atoms with Crippen LogP contribution in [-0.4, -0.2) is 90.1 Å². The molecule has 1 fully saturated rings. The van der Waals surface area contributed by atoms with Crippen molar-refractivity contribution in [1.82, 2.24) is 30.2 Å². The molecule has 0 bridgehead atoms. The van der Waals surface area contributed by atoms with Crippen LogP contribution >= 0.6 is 8.38 Å². The van der Waals surface area contributed by atoms with Crippen molar-refractivity contribution in [3.8, 4) is 0 Å². The standard InChI is InChI=1S/C17H28N5O3P.C7H14N2O3.C3H9N.C3H8O2.C2H6/c1-2-3-4-5-6-9-26(23)24-10-13-7-8-14(25-13)22-12-21-15-16(18)19-11-20-17(15)22;1-7(2,3)12-6(11)9-4-8-5-10;1-3(2)4;1-3(2,4)5;1-2/h11-14,23H,2-10H2,1H3,(H2,18,19,20);5H,4H2,1-3H3,(H,8,10)(H,9,11);3H,4H2,1-2H3;4-5H,1-2H3;1-2H3. The van der Waals surface area contributed by atoms with Gasteiger partial charge in [0.15, 0.2) is 25.6 Å². The highest BCUT2D eigenvalue weighted by Crippen LogP contribution is 2.36. The highest BCUT2D eigenvalue weighted by molar-refractivity contribution is 7.46. The quantitative estimate of drug-likeness (QED) is 0.0644. The molecule has 49 heavy (non-hydrogen) atoms. The van der Waals surface area contributed by atoms with Crippen LogP contribution in [0, 0.1) is 0 Å². The van der Waals surface area contributed by atoms with Gasteiger partial charge in [-0.3, -0.25) is 9.36 Å². The first-order chi connectivity index (χ1) is 22.9. The highest BCUT2D eigenvalue weighted by Gasteiger charge is 2.29. The van der Waals surface area contributed by atoms with Crippen molar-refractivity contribution in [2.75, 3.05) is 25.2 Å². The maximum Gasteiger partial charge on any atom is 0.409 e. The number of nitrogens with zero attached hydrogens (tertiary/aromatic N) is 4. The summed E-state index contributed by atoms with van der Waals surface area (Å²) in [7, 11) is -1.35. The molecule has 0 spiro atoms. The van der Waals surface area contributed by atoms with Crippen LogP contribution in [0.4, 0.5) is 10.6 Å². The number of rotatable bonds is 13. The normalized spacial score (nSPS) is 16.0. The summed E-state index contributed by atoms with van der Waals surface area (Å²) < 4.78 is 18.5. The lowest BCUT2D eigenvalue weighted by atomic mass is 10.2. The molecule has 16 nitrogen and oxygen atoms in total. The van der Waals surface area contributed by atoms with Gasteiger partial charge in [-0.25, -0.2) is 19.7 Å². The summed E-state index contributed by atoms with van der Waals surface area (Å²) in [6.07, 6.45) is 11.3. The third kappa shape index (κ3) is 27.8. The van der Waals surface area contributed by atoms with Crippen LogP contribution in [0.2, 0.25) is 0 Å². The summed E-state index contributed by atoms with van der Waals surface area (Å²) in [6, 6.07) is 0.333. The van der Waals surface area contributed by atoms with E-state index in [1.807, 2.05) is 32.3 Å². The zero-order valence-electron chi connectivity index (χ0n) is 31.3. The number of aromatic nitrogens is 4. The average molecular weight is 721 g/mol. The van der Waals surface area contributed by atoms with Crippen molar-refractivity contribution in [2.45, 2.75) is 144 Å². The number of amides is 2. The minimum atomic E-state index is -1.50. The maximum absolute atomic E-state index is 10.8. The summed E-state index contributed by atoms with van der Waals surface area (Å²) in [5.74, 6) is -1.13. The molecule has 1 saturated heterocycles. The monoisotopic (exact) mass is 720 g/mol. The van der Waals surface area contributed by atoms with E-state index in [4.69, 9.17) is 35.7 Å². The van der Waals surface area contributed by atoms with Gasteiger partial charge in [0.05, 0.1) is 25.7 Å². The zero-order valence-corrected chi connectivity index (χ0v) is 32.2. The molecule has 3 atom stereocenters. The number of fused-ring (bicyclic) bond motifs is 1. The lowest BCUT2D eigenvalue weighted by Gasteiger charge is -2.19. The molecule has 3 unspecified atom stereocenters. The van der Waals surface area contributed by atoms with E-state index in [2.05, 4.69) is 32.5 Å². The predicted molar refractivity (Wildman–Crippen MR) is 194 cm³/mol. The van der Waals surface area contributed by atoms with Crippen molar-refractivity contribution in [3.63, 3.8) is 0 Å². The Hall–Kier alpha value is -2.72. The second-order valence-corrected chi connectivity index (χ2v) is 14.0. The number of nitrogens with one attached hydrogen (secondary N) is 2. The number of hydrogen-bond acceptors (Lipinski definition) is 13. The van der Waals surface area contributed by atoms with Gasteiger partial charge in [-0.15, -0.1) is 0 Å². The smallest absolute Gasteiger partial charge is 0.409 e. The van der Waals surface area contributed by atoms with Crippen molar-refractivity contribution < 1.29 is 38.7 Å². The van der Waals surface area contributed by atoms with Gasteiger partial charge >= 0.3 is 6.09 Å². The fourth-order valence-electron chi connectivity index (χ4n) is 3.66. The number of aliphatic hydroxyl groups is 2. The molecule has 0 aromatic carbocycles. The highest BCUT2D eigenvalue weighted by atomic mass is 31.2. The van der Waals surface area contributed by atoms with Crippen LogP contribution in [0.3, 0.4) is 0 Å². The van der Waals surface area contributed by atoms with Gasteiger partial charge in [-0.05, 0) is 59.9 Å². The van der Waals surface area contributed by atoms with E-state index in [1.165, 1.54) is 39.4 Å². The Morgan fingerprint density at radius 3 is 2.27 bits per heavy atom. The molecule has 2 amide bonds. The van der Waals surface area contributed by atoms with E-state index in [9.17, 15) is 14.5 Å². The number of nitrogens with two attached hydrogens (primary N) is 2. The van der Waals surface area contributed by atoms with Crippen LogP contribution in [0.25, 0.3) is 11.2 Å². The zero-order chi connectivity index (χ0) is 38.0. The number of carbonyl (C=O) groups excluding carboxylic acids is 2. The van der Waals surface area contributed by atoms with E-state index in [0.717, 1.165) is 31.8 Å². The van der Waals surface area contributed by atoms with Crippen LogP contribution in [-0.2, 0) is 18.8 Å². The van der Waals surface area contributed by atoms with Gasteiger partial charge in [-0.1, -0.05) is 60.3 Å². The second kappa shape index (κ2) is 27.1. The second-order valence-electron chi connectivity index (χ2n) is 12.6. The molecule has 0 saturated carbocycles. The molecular formula is C32H65N8O8P. The first-order valence-corrected chi connectivity index (χ1v) is 18.3. The van der Waals surface area contributed by atoms with Gasteiger partial charge in [-0.2, -0.15) is 0 Å². The van der Waals surface area contributed by atoms with Gasteiger partial charge in [0, 0.05) is 6.16 Å². The molecule has 9 N–H and O–H groups in total. The lowest BCUT2D eigenvalue weighted by Crippen LogP contribution is -2.37. The number of alkyl carbamates (subject to hydrolysis) is 1. The molecule has 17 heteroatoms.